The monoisotopic (exact) mass is 252 g/mol. The molecule has 7 heteroatoms. The molecule has 2 heterocycles. The predicted octanol–water partition coefficient (Wildman–Crippen LogP) is 1.09. The SMILES string of the molecule is O=C(NCCc1ncon1)c1cnccc1Cl. The summed E-state index contributed by atoms with van der Waals surface area (Å²) in [6, 6.07) is 1.57. The number of carbonyl (C=O) groups excluding carboxylic acids is 1. The molecular formula is C10H9ClN4O2. The van der Waals surface area contributed by atoms with Crippen molar-refractivity contribution >= 4 is 17.5 Å². The van der Waals surface area contributed by atoms with Gasteiger partial charge in [0.05, 0.1) is 10.6 Å². The Morgan fingerprint density at radius 2 is 2.41 bits per heavy atom. The number of hydrogen-bond donors (Lipinski definition) is 1. The van der Waals surface area contributed by atoms with E-state index in [1.54, 1.807) is 6.07 Å². The number of rotatable bonds is 4. The lowest BCUT2D eigenvalue weighted by Crippen LogP contribution is -2.26. The van der Waals surface area contributed by atoms with E-state index >= 15 is 0 Å². The summed E-state index contributed by atoms with van der Waals surface area (Å²) in [5.74, 6) is 0.272. The van der Waals surface area contributed by atoms with Gasteiger partial charge in [0.1, 0.15) is 0 Å². The van der Waals surface area contributed by atoms with E-state index in [1.807, 2.05) is 0 Å². The van der Waals surface area contributed by atoms with Crippen molar-refractivity contribution < 1.29 is 9.32 Å². The highest BCUT2D eigenvalue weighted by Gasteiger charge is 2.09. The van der Waals surface area contributed by atoms with E-state index in [0.29, 0.717) is 29.4 Å². The van der Waals surface area contributed by atoms with E-state index in [2.05, 4.69) is 25.0 Å². The summed E-state index contributed by atoms with van der Waals surface area (Å²) in [4.78, 5) is 19.4. The Morgan fingerprint density at radius 3 is 3.12 bits per heavy atom. The molecule has 0 saturated heterocycles. The average molecular weight is 253 g/mol. The van der Waals surface area contributed by atoms with Gasteiger partial charge in [-0.1, -0.05) is 16.8 Å². The zero-order chi connectivity index (χ0) is 12.1. The third-order valence-electron chi connectivity index (χ3n) is 2.05. The first-order chi connectivity index (χ1) is 8.27. The maximum absolute atomic E-state index is 11.7. The second-order valence-corrected chi connectivity index (χ2v) is 3.62. The number of aromatic nitrogens is 3. The fourth-order valence-electron chi connectivity index (χ4n) is 1.23. The van der Waals surface area contributed by atoms with Crippen molar-refractivity contribution in [3.63, 3.8) is 0 Å². The lowest BCUT2D eigenvalue weighted by Gasteiger charge is -2.04. The Labute approximate surface area is 102 Å². The molecule has 0 spiro atoms. The van der Waals surface area contributed by atoms with Crippen molar-refractivity contribution in [3.05, 3.63) is 41.3 Å². The van der Waals surface area contributed by atoms with Crippen LogP contribution in [-0.4, -0.2) is 27.6 Å². The van der Waals surface area contributed by atoms with Crippen LogP contribution in [0.4, 0.5) is 0 Å². The van der Waals surface area contributed by atoms with E-state index in [-0.39, 0.29) is 5.91 Å². The van der Waals surface area contributed by atoms with Crippen LogP contribution >= 0.6 is 11.6 Å². The van der Waals surface area contributed by atoms with Crippen LogP contribution in [0.3, 0.4) is 0 Å². The topological polar surface area (TPSA) is 80.9 Å². The normalized spacial score (nSPS) is 10.2. The van der Waals surface area contributed by atoms with Crippen LogP contribution in [0.25, 0.3) is 0 Å². The molecule has 17 heavy (non-hydrogen) atoms. The number of halogens is 1. The Hall–Kier alpha value is -1.95. The van der Waals surface area contributed by atoms with E-state index in [9.17, 15) is 4.79 Å². The maximum atomic E-state index is 11.7. The second kappa shape index (κ2) is 5.40. The molecule has 0 aliphatic rings. The number of carbonyl (C=O) groups is 1. The maximum Gasteiger partial charge on any atom is 0.254 e. The van der Waals surface area contributed by atoms with Crippen molar-refractivity contribution in [1.29, 1.82) is 0 Å². The number of pyridine rings is 1. The zero-order valence-electron chi connectivity index (χ0n) is 8.76. The predicted molar refractivity (Wildman–Crippen MR) is 59.6 cm³/mol. The van der Waals surface area contributed by atoms with Crippen LogP contribution in [-0.2, 0) is 6.42 Å². The van der Waals surface area contributed by atoms with Gasteiger partial charge < -0.3 is 9.84 Å². The van der Waals surface area contributed by atoms with Crippen molar-refractivity contribution in [2.75, 3.05) is 6.54 Å². The van der Waals surface area contributed by atoms with Gasteiger partial charge in [-0.25, -0.2) is 0 Å². The smallest absolute Gasteiger partial charge is 0.254 e. The molecule has 2 rings (SSSR count). The molecule has 0 radical (unpaired) electrons. The number of amides is 1. The van der Waals surface area contributed by atoms with Gasteiger partial charge in [0.15, 0.2) is 5.82 Å². The Bertz CT molecular complexity index is 501. The van der Waals surface area contributed by atoms with Gasteiger partial charge in [-0.05, 0) is 6.07 Å². The summed E-state index contributed by atoms with van der Waals surface area (Å²) in [6.45, 7) is 0.406. The molecule has 88 valence electrons. The highest BCUT2D eigenvalue weighted by atomic mass is 35.5. The minimum Gasteiger partial charge on any atom is -0.351 e. The van der Waals surface area contributed by atoms with Crippen molar-refractivity contribution in [2.45, 2.75) is 6.42 Å². The van der Waals surface area contributed by atoms with Crippen molar-refractivity contribution in [1.82, 2.24) is 20.4 Å². The van der Waals surface area contributed by atoms with Gasteiger partial charge in [0, 0.05) is 25.4 Å². The largest absolute Gasteiger partial charge is 0.351 e. The van der Waals surface area contributed by atoms with Crippen molar-refractivity contribution in [3.8, 4) is 0 Å². The first-order valence-electron chi connectivity index (χ1n) is 4.90. The van der Waals surface area contributed by atoms with Crippen LogP contribution in [0.5, 0.6) is 0 Å². The van der Waals surface area contributed by atoms with Crippen LogP contribution < -0.4 is 5.32 Å². The Kier molecular flexibility index (Phi) is 3.66. The second-order valence-electron chi connectivity index (χ2n) is 3.21. The molecule has 6 nitrogen and oxygen atoms in total. The van der Waals surface area contributed by atoms with Crippen LogP contribution in [0.2, 0.25) is 5.02 Å². The van der Waals surface area contributed by atoms with Gasteiger partial charge in [-0.2, -0.15) is 4.98 Å². The average Bonchev–Trinajstić information content (AvgIpc) is 2.82. The van der Waals surface area contributed by atoms with E-state index in [0.717, 1.165) is 0 Å². The van der Waals surface area contributed by atoms with Gasteiger partial charge in [-0.15, -0.1) is 0 Å². The number of nitrogens with one attached hydrogen (secondary N) is 1. The van der Waals surface area contributed by atoms with Crippen LogP contribution in [0.15, 0.2) is 29.4 Å². The lowest BCUT2D eigenvalue weighted by atomic mass is 10.2. The Morgan fingerprint density at radius 1 is 1.53 bits per heavy atom. The van der Waals surface area contributed by atoms with Crippen molar-refractivity contribution in [2.24, 2.45) is 0 Å². The van der Waals surface area contributed by atoms with E-state index in [4.69, 9.17) is 11.6 Å². The summed E-state index contributed by atoms with van der Waals surface area (Å²) >= 11 is 5.86. The summed E-state index contributed by atoms with van der Waals surface area (Å²) in [5, 5.41) is 6.69. The lowest BCUT2D eigenvalue weighted by molar-refractivity contribution is 0.0953. The first kappa shape index (κ1) is 11.5. The molecule has 1 N–H and O–H groups in total. The highest BCUT2D eigenvalue weighted by molar-refractivity contribution is 6.33. The third kappa shape index (κ3) is 3.01. The first-order valence-corrected chi connectivity index (χ1v) is 5.28. The Balaban J connectivity index is 1.88. The van der Waals surface area contributed by atoms with Gasteiger partial charge in [0.2, 0.25) is 6.39 Å². The molecule has 1 amide bonds. The molecule has 0 atom stereocenters. The van der Waals surface area contributed by atoms with Gasteiger partial charge >= 0.3 is 0 Å². The molecule has 0 fully saturated rings. The minimum absolute atomic E-state index is 0.272. The molecule has 0 unspecified atom stereocenters. The quantitative estimate of drug-likeness (QED) is 0.881. The zero-order valence-corrected chi connectivity index (χ0v) is 9.52. The van der Waals surface area contributed by atoms with E-state index < -0.39 is 0 Å². The molecule has 0 saturated carbocycles. The van der Waals surface area contributed by atoms with Crippen LogP contribution in [0.1, 0.15) is 16.2 Å². The number of hydrogen-bond acceptors (Lipinski definition) is 5. The molecular weight excluding hydrogens is 244 g/mol. The fraction of sp³-hybridized carbons (Fsp3) is 0.200. The molecule has 2 aromatic rings. The highest BCUT2D eigenvalue weighted by Crippen LogP contribution is 2.12. The van der Waals surface area contributed by atoms with Gasteiger partial charge in [-0.3, -0.25) is 9.78 Å². The molecule has 0 bridgehead atoms. The number of nitrogens with zero attached hydrogens (tertiary/aromatic N) is 3. The van der Waals surface area contributed by atoms with Crippen LogP contribution in [0, 0.1) is 0 Å². The standard InChI is InChI=1S/C10H9ClN4O2/c11-8-1-3-12-5-7(8)10(16)13-4-2-9-14-6-17-15-9/h1,3,5-6H,2,4H2,(H,13,16). The third-order valence-corrected chi connectivity index (χ3v) is 2.38. The van der Waals surface area contributed by atoms with Gasteiger partial charge in [0.25, 0.3) is 5.91 Å². The summed E-state index contributed by atoms with van der Waals surface area (Å²) in [5.41, 5.74) is 0.349. The molecule has 2 aromatic heterocycles. The fourth-order valence-corrected chi connectivity index (χ4v) is 1.42. The summed E-state index contributed by atoms with van der Waals surface area (Å²) in [6.07, 6.45) is 4.69. The summed E-state index contributed by atoms with van der Waals surface area (Å²) < 4.78 is 4.57. The molecule has 0 aromatic carbocycles. The minimum atomic E-state index is -0.272. The molecule has 0 aliphatic carbocycles. The molecule has 0 aliphatic heterocycles. The summed E-state index contributed by atoms with van der Waals surface area (Å²) in [7, 11) is 0. The van der Waals surface area contributed by atoms with E-state index in [1.165, 1.54) is 18.8 Å².